The van der Waals surface area contributed by atoms with Gasteiger partial charge in [-0.1, -0.05) is 13.0 Å². The fourth-order valence-electron chi connectivity index (χ4n) is 2.82. The summed E-state index contributed by atoms with van der Waals surface area (Å²) in [5, 5.41) is 3.77. The minimum atomic E-state index is 0.377. The molecule has 0 aromatic carbocycles. The minimum Gasteiger partial charge on any atom is -0.307 e. The summed E-state index contributed by atoms with van der Waals surface area (Å²) in [6, 6.07) is 5.80. The first-order valence-corrected chi connectivity index (χ1v) is 6.94. The summed E-state index contributed by atoms with van der Waals surface area (Å²) in [6.07, 6.45) is 5.01. The second kappa shape index (κ2) is 5.81. The van der Waals surface area contributed by atoms with Gasteiger partial charge in [-0.15, -0.1) is 0 Å². The van der Waals surface area contributed by atoms with E-state index in [0.29, 0.717) is 24.0 Å². The van der Waals surface area contributed by atoms with Crippen molar-refractivity contribution in [3.8, 4) is 0 Å². The van der Waals surface area contributed by atoms with Crippen LogP contribution in [0.15, 0.2) is 24.5 Å². The maximum absolute atomic E-state index is 4.20. The van der Waals surface area contributed by atoms with Crippen molar-refractivity contribution < 1.29 is 0 Å². The Kier molecular flexibility index (Phi) is 4.36. The molecule has 1 aromatic heterocycles. The zero-order valence-electron chi connectivity index (χ0n) is 11.9. The van der Waals surface area contributed by atoms with E-state index in [-0.39, 0.29) is 0 Å². The average molecular weight is 247 g/mol. The molecule has 1 aliphatic heterocycles. The number of nitrogens with one attached hydrogen (secondary N) is 1. The number of aromatic nitrogens is 1. The highest BCUT2D eigenvalue weighted by Crippen LogP contribution is 2.23. The molecule has 4 atom stereocenters. The van der Waals surface area contributed by atoms with Crippen molar-refractivity contribution in [2.75, 3.05) is 13.6 Å². The fraction of sp³-hybridized carbons (Fsp3) is 0.667. The van der Waals surface area contributed by atoms with Gasteiger partial charge in [-0.3, -0.25) is 4.98 Å². The predicted octanol–water partition coefficient (Wildman–Crippen LogP) is 2.46. The number of pyridine rings is 1. The van der Waals surface area contributed by atoms with Crippen LogP contribution in [-0.4, -0.2) is 35.6 Å². The van der Waals surface area contributed by atoms with Gasteiger partial charge in [-0.2, -0.15) is 0 Å². The monoisotopic (exact) mass is 247 g/mol. The lowest BCUT2D eigenvalue weighted by Gasteiger charge is -2.41. The van der Waals surface area contributed by atoms with Gasteiger partial charge < -0.3 is 10.2 Å². The molecule has 0 spiro atoms. The summed E-state index contributed by atoms with van der Waals surface area (Å²) in [7, 11) is 2.22. The first kappa shape index (κ1) is 13.5. The maximum atomic E-state index is 4.20. The van der Waals surface area contributed by atoms with Crippen LogP contribution < -0.4 is 5.32 Å². The van der Waals surface area contributed by atoms with E-state index in [0.717, 1.165) is 0 Å². The molecule has 0 bridgehead atoms. The molecule has 3 heteroatoms. The SMILES string of the molecule is CC(NC1CC(C)N(C)CC1C)c1cccnc1. The Hall–Kier alpha value is -0.930. The standard InChI is InChI=1S/C15H25N3/c1-11-10-18(4)12(2)8-15(11)17-13(3)14-6-5-7-16-9-14/h5-7,9,11-13,15,17H,8,10H2,1-4H3. The van der Waals surface area contributed by atoms with Crippen LogP contribution in [0.3, 0.4) is 0 Å². The highest BCUT2D eigenvalue weighted by Gasteiger charge is 2.29. The average Bonchev–Trinajstić information content (AvgIpc) is 2.37. The summed E-state index contributed by atoms with van der Waals surface area (Å²) in [5.74, 6) is 0.699. The van der Waals surface area contributed by atoms with Crippen molar-refractivity contribution >= 4 is 0 Å². The normalized spacial score (nSPS) is 31.2. The van der Waals surface area contributed by atoms with Crippen molar-refractivity contribution in [1.29, 1.82) is 0 Å². The molecule has 3 nitrogen and oxygen atoms in total. The zero-order valence-corrected chi connectivity index (χ0v) is 11.9. The molecule has 1 N–H and O–H groups in total. The topological polar surface area (TPSA) is 28.2 Å². The Labute approximate surface area is 111 Å². The van der Waals surface area contributed by atoms with Gasteiger partial charge in [0.1, 0.15) is 0 Å². The van der Waals surface area contributed by atoms with Crippen molar-refractivity contribution in [3.05, 3.63) is 30.1 Å². The number of piperidine rings is 1. The van der Waals surface area contributed by atoms with Crippen molar-refractivity contribution in [2.45, 2.75) is 45.3 Å². The number of nitrogens with zero attached hydrogens (tertiary/aromatic N) is 2. The highest BCUT2D eigenvalue weighted by molar-refractivity contribution is 5.13. The van der Waals surface area contributed by atoms with E-state index in [1.165, 1.54) is 18.5 Å². The quantitative estimate of drug-likeness (QED) is 0.889. The summed E-state index contributed by atoms with van der Waals surface area (Å²) in [6.45, 7) is 8.07. The Bertz CT molecular complexity index is 365. The van der Waals surface area contributed by atoms with Gasteiger partial charge in [0.2, 0.25) is 0 Å². The summed E-state index contributed by atoms with van der Waals surface area (Å²) in [4.78, 5) is 6.65. The lowest BCUT2D eigenvalue weighted by molar-refractivity contribution is 0.116. The summed E-state index contributed by atoms with van der Waals surface area (Å²) in [5.41, 5.74) is 1.27. The van der Waals surface area contributed by atoms with Crippen LogP contribution in [-0.2, 0) is 0 Å². The van der Waals surface area contributed by atoms with Gasteiger partial charge in [0.25, 0.3) is 0 Å². The molecule has 2 rings (SSSR count). The molecule has 1 fully saturated rings. The molecule has 4 unspecified atom stereocenters. The van der Waals surface area contributed by atoms with Crippen LogP contribution in [0.2, 0.25) is 0 Å². The van der Waals surface area contributed by atoms with E-state index in [1.807, 2.05) is 18.5 Å². The molecule has 0 aliphatic carbocycles. The lowest BCUT2D eigenvalue weighted by atomic mass is 9.89. The Morgan fingerprint density at radius 3 is 2.89 bits per heavy atom. The number of hydrogen-bond donors (Lipinski definition) is 1. The van der Waals surface area contributed by atoms with E-state index in [9.17, 15) is 0 Å². The Morgan fingerprint density at radius 1 is 1.44 bits per heavy atom. The van der Waals surface area contributed by atoms with Crippen LogP contribution in [0, 0.1) is 5.92 Å². The van der Waals surface area contributed by atoms with E-state index >= 15 is 0 Å². The molecule has 1 aliphatic rings. The first-order valence-electron chi connectivity index (χ1n) is 6.94. The lowest BCUT2D eigenvalue weighted by Crippen LogP contribution is -2.51. The molecule has 0 radical (unpaired) electrons. The van der Waals surface area contributed by atoms with Gasteiger partial charge in [0, 0.05) is 37.1 Å². The van der Waals surface area contributed by atoms with Crippen LogP contribution >= 0.6 is 0 Å². The van der Waals surface area contributed by atoms with E-state index in [2.05, 4.69) is 49.1 Å². The Balaban J connectivity index is 1.97. The largest absolute Gasteiger partial charge is 0.307 e. The minimum absolute atomic E-state index is 0.377. The van der Waals surface area contributed by atoms with Gasteiger partial charge >= 0.3 is 0 Å². The third-order valence-corrected chi connectivity index (χ3v) is 4.26. The second-order valence-corrected chi connectivity index (χ2v) is 5.78. The van der Waals surface area contributed by atoms with Gasteiger partial charge in [-0.05, 0) is 44.9 Å². The number of rotatable bonds is 3. The van der Waals surface area contributed by atoms with Crippen LogP contribution in [0.1, 0.15) is 38.8 Å². The molecule has 0 saturated carbocycles. The fourth-order valence-corrected chi connectivity index (χ4v) is 2.82. The summed E-state index contributed by atoms with van der Waals surface area (Å²) >= 11 is 0. The number of hydrogen-bond acceptors (Lipinski definition) is 3. The summed E-state index contributed by atoms with van der Waals surface area (Å²) < 4.78 is 0. The van der Waals surface area contributed by atoms with Crippen LogP contribution in [0.25, 0.3) is 0 Å². The first-order chi connectivity index (χ1) is 8.58. The molecule has 1 saturated heterocycles. The Morgan fingerprint density at radius 2 is 2.22 bits per heavy atom. The van der Waals surface area contributed by atoms with Gasteiger partial charge in [0.15, 0.2) is 0 Å². The second-order valence-electron chi connectivity index (χ2n) is 5.78. The maximum Gasteiger partial charge on any atom is 0.0315 e. The zero-order chi connectivity index (χ0) is 13.1. The smallest absolute Gasteiger partial charge is 0.0315 e. The number of likely N-dealkylation sites (tertiary alicyclic amines) is 1. The highest BCUT2D eigenvalue weighted by atomic mass is 15.2. The third kappa shape index (κ3) is 3.09. The molecule has 1 aromatic rings. The molecule has 18 heavy (non-hydrogen) atoms. The predicted molar refractivity (Wildman–Crippen MR) is 75.4 cm³/mol. The van der Waals surface area contributed by atoms with Crippen LogP contribution in [0.5, 0.6) is 0 Å². The van der Waals surface area contributed by atoms with Gasteiger partial charge in [0.05, 0.1) is 0 Å². The van der Waals surface area contributed by atoms with E-state index in [1.54, 1.807) is 0 Å². The molecule has 100 valence electrons. The molecule has 0 amide bonds. The van der Waals surface area contributed by atoms with E-state index < -0.39 is 0 Å². The molecule has 2 heterocycles. The van der Waals surface area contributed by atoms with Gasteiger partial charge in [-0.25, -0.2) is 0 Å². The van der Waals surface area contributed by atoms with E-state index in [4.69, 9.17) is 0 Å². The van der Waals surface area contributed by atoms with Crippen molar-refractivity contribution in [3.63, 3.8) is 0 Å². The third-order valence-electron chi connectivity index (χ3n) is 4.26. The van der Waals surface area contributed by atoms with Crippen LogP contribution in [0.4, 0.5) is 0 Å². The molecular formula is C15H25N3. The molecular weight excluding hydrogens is 222 g/mol. The van der Waals surface area contributed by atoms with Crippen molar-refractivity contribution in [2.24, 2.45) is 5.92 Å². The van der Waals surface area contributed by atoms with Crippen molar-refractivity contribution in [1.82, 2.24) is 15.2 Å².